The second-order valence-electron chi connectivity index (χ2n) is 5.32. The minimum Gasteiger partial charge on any atom is -0.480 e. The first-order valence-corrected chi connectivity index (χ1v) is 5.94. The van der Waals surface area contributed by atoms with E-state index >= 15 is 0 Å². The van der Waals surface area contributed by atoms with Crippen LogP contribution in [0, 0.1) is 12.3 Å². The Balaban J connectivity index is 1.90. The van der Waals surface area contributed by atoms with Crippen LogP contribution in [-0.4, -0.2) is 33.4 Å². The van der Waals surface area contributed by atoms with Crippen LogP contribution in [0.5, 0.6) is 0 Å². The van der Waals surface area contributed by atoms with Crippen molar-refractivity contribution < 1.29 is 9.90 Å². The molecule has 1 atom stereocenters. The van der Waals surface area contributed by atoms with Crippen molar-refractivity contribution in [3.05, 3.63) is 18.0 Å². The van der Waals surface area contributed by atoms with Crippen LogP contribution in [0.1, 0.15) is 25.3 Å². The van der Waals surface area contributed by atoms with Gasteiger partial charge in [-0.25, -0.2) is 0 Å². The first-order chi connectivity index (χ1) is 7.98. The van der Waals surface area contributed by atoms with E-state index in [2.05, 4.69) is 17.3 Å². The summed E-state index contributed by atoms with van der Waals surface area (Å²) in [6.07, 6.45) is 5.97. The third-order valence-corrected chi connectivity index (χ3v) is 3.31. The van der Waals surface area contributed by atoms with Crippen LogP contribution in [0.3, 0.4) is 0 Å². The maximum Gasteiger partial charge on any atom is 0.322 e. The summed E-state index contributed by atoms with van der Waals surface area (Å²) in [5.74, 6) is -0.817. The van der Waals surface area contributed by atoms with Crippen molar-refractivity contribution in [2.75, 3.05) is 6.54 Å². The molecule has 1 unspecified atom stereocenters. The number of carboxylic acids is 1. The number of aromatic nitrogens is 2. The van der Waals surface area contributed by atoms with Crippen LogP contribution in [0.25, 0.3) is 0 Å². The van der Waals surface area contributed by atoms with Crippen LogP contribution >= 0.6 is 0 Å². The molecule has 1 aromatic rings. The highest BCUT2D eigenvalue weighted by Gasteiger charge is 2.37. The molecular weight excluding hydrogens is 218 g/mol. The Morgan fingerprint density at radius 1 is 1.71 bits per heavy atom. The lowest BCUT2D eigenvalue weighted by Gasteiger charge is -2.17. The SMILES string of the molecule is Cc1cnn(CC(NCC2(C)CC2)C(=O)O)c1. The topological polar surface area (TPSA) is 67.2 Å². The van der Waals surface area contributed by atoms with Crippen LogP contribution < -0.4 is 5.32 Å². The Morgan fingerprint density at radius 3 is 2.88 bits per heavy atom. The molecule has 0 spiro atoms. The van der Waals surface area contributed by atoms with E-state index in [4.69, 9.17) is 5.11 Å². The average Bonchev–Trinajstić information content (AvgIpc) is 2.84. The molecule has 2 N–H and O–H groups in total. The largest absolute Gasteiger partial charge is 0.480 e. The fourth-order valence-corrected chi connectivity index (χ4v) is 1.74. The molecule has 94 valence electrons. The summed E-state index contributed by atoms with van der Waals surface area (Å²) in [6.45, 7) is 5.26. The van der Waals surface area contributed by atoms with Crippen LogP contribution in [0.4, 0.5) is 0 Å². The molecule has 1 heterocycles. The van der Waals surface area contributed by atoms with Crippen molar-refractivity contribution in [2.45, 2.75) is 39.3 Å². The van der Waals surface area contributed by atoms with Gasteiger partial charge in [0.25, 0.3) is 0 Å². The average molecular weight is 237 g/mol. The molecule has 1 aliphatic rings. The van der Waals surface area contributed by atoms with Gasteiger partial charge in [0.05, 0.1) is 12.7 Å². The van der Waals surface area contributed by atoms with Crippen LogP contribution in [0.2, 0.25) is 0 Å². The summed E-state index contributed by atoms with van der Waals surface area (Å²) in [7, 11) is 0. The van der Waals surface area contributed by atoms with E-state index in [1.165, 1.54) is 12.8 Å². The summed E-state index contributed by atoms with van der Waals surface area (Å²) in [5, 5.41) is 16.4. The lowest BCUT2D eigenvalue weighted by Crippen LogP contribution is -2.42. The third-order valence-electron chi connectivity index (χ3n) is 3.31. The lowest BCUT2D eigenvalue weighted by atomic mass is 10.1. The molecule has 0 bridgehead atoms. The number of carbonyl (C=O) groups is 1. The molecule has 5 heteroatoms. The monoisotopic (exact) mass is 237 g/mol. The number of aryl methyl sites for hydroxylation is 1. The summed E-state index contributed by atoms with van der Waals surface area (Å²) >= 11 is 0. The zero-order chi connectivity index (χ0) is 12.5. The second kappa shape index (κ2) is 4.49. The van der Waals surface area contributed by atoms with Crippen LogP contribution in [-0.2, 0) is 11.3 Å². The molecule has 0 saturated heterocycles. The smallest absolute Gasteiger partial charge is 0.322 e. The van der Waals surface area contributed by atoms with Gasteiger partial charge in [-0.05, 0) is 30.7 Å². The maximum absolute atomic E-state index is 11.1. The number of nitrogens with zero attached hydrogens (tertiary/aromatic N) is 2. The molecule has 0 radical (unpaired) electrons. The van der Waals surface area contributed by atoms with Crippen molar-refractivity contribution in [2.24, 2.45) is 5.41 Å². The van der Waals surface area contributed by atoms with Gasteiger partial charge in [0, 0.05) is 12.7 Å². The zero-order valence-electron chi connectivity index (χ0n) is 10.3. The van der Waals surface area contributed by atoms with E-state index < -0.39 is 12.0 Å². The van der Waals surface area contributed by atoms with Crippen molar-refractivity contribution in [1.82, 2.24) is 15.1 Å². The van der Waals surface area contributed by atoms with E-state index in [9.17, 15) is 4.79 Å². The lowest BCUT2D eigenvalue weighted by molar-refractivity contribution is -0.140. The molecule has 0 aromatic carbocycles. The number of hydrogen-bond acceptors (Lipinski definition) is 3. The maximum atomic E-state index is 11.1. The van der Waals surface area contributed by atoms with Gasteiger partial charge in [-0.2, -0.15) is 5.10 Å². The second-order valence-corrected chi connectivity index (χ2v) is 5.32. The Hall–Kier alpha value is -1.36. The zero-order valence-corrected chi connectivity index (χ0v) is 10.3. The summed E-state index contributed by atoms with van der Waals surface area (Å²) in [4.78, 5) is 11.1. The summed E-state index contributed by atoms with van der Waals surface area (Å²) in [6, 6.07) is -0.563. The van der Waals surface area contributed by atoms with Crippen molar-refractivity contribution in [1.29, 1.82) is 0 Å². The Labute approximate surface area is 101 Å². The predicted molar refractivity (Wildman–Crippen MR) is 63.7 cm³/mol. The van der Waals surface area contributed by atoms with E-state index in [0.29, 0.717) is 12.0 Å². The van der Waals surface area contributed by atoms with Crippen molar-refractivity contribution >= 4 is 5.97 Å². The summed E-state index contributed by atoms with van der Waals surface area (Å²) < 4.78 is 1.68. The van der Waals surface area contributed by atoms with Gasteiger partial charge in [0.15, 0.2) is 0 Å². The fraction of sp³-hybridized carbons (Fsp3) is 0.667. The van der Waals surface area contributed by atoms with Gasteiger partial charge in [-0.3, -0.25) is 9.48 Å². The van der Waals surface area contributed by atoms with Crippen molar-refractivity contribution in [3.63, 3.8) is 0 Å². The minimum absolute atomic E-state index is 0.313. The highest BCUT2D eigenvalue weighted by molar-refractivity contribution is 5.73. The highest BCUT2D eigenvalue weighted by atomic mass is 16.4. The molecule has 5 nitrogen and oxygen atoms in total. The number of nitrogens with one attached hydrogen (secondary N) is 1. The molecule has 0 aliphatic heterocycles. The van der Waals surface area contributed by atoms with Crippen LogP contribution in [0.15, 0.2) is 12.4 Å². The van der Waals surface area contributed by atoms with E-state index in [1.807, 2.05) is 13.1 Å². The molecule has 0 amide bonds. The van der Waals surface area contributed by atoms with Gasteiger partial charge >= 0.3 is 5.97 Å². The molecule has 1 saturated carbocycles. The number of aliphatic carboxylic acids is 1. The van der Waals surface area contributed by atoms with Gasteiger partial charge < -0.3 is 10.4 Å². The van der Waals surface area contributed by atoms with Gasteiger partial charge in [0.2, 0.25) is 0 Å². The Bertz CT molecular complexity index is 410. The summed E-state index contributed by atoms with van der Waals surface area (Å²) in [5.41, 5.74) is 1.36. The highest BCUT2D eigenvalue weighted by Crippen LogP contribution is 2.44. The van der Waals surface area contributed by atoms with Gasteiger partial charge in [0.1, 0.15) is 6.04 Å². The number of carboxylic acid groups (broad SMARTS) is 1. The predicted octanol–water partition coefficient (Wildman–Crippen LogP) is 1.03. The first kappa shape index (κ1) is 12.1. The van der Waals surface area contributed by atoms with E-state index in [0.717, 1.165) is 12.1 Å². The third kappa shape index (κ3) is 3.30. The quantitative estimate of drug-likeness (QED) is 0.775. The standard InChI is InChI=1S/C12H19N3O2/c1-9-5-14-15(6-9)7-10(11(16)17)13-8-12(2)3-4-12/h5-6,10,13H,3-4,7-8H2,1-2H3,(H,16,17). The molecule has 2 rings (SSSR count). The van der Waals surface area contributed by atoms with E-state index in [-0.39, 0.29) is 0 Å². The van der Waals surface area contributed by atoms with Gasteiger partial charge in [-0.15, -0.1) is 0 Å². The Morgan fingerprint density at radius 2 is 2.41 bits per heavy atom. The van der Waals surface area contributed by atoms with E-state index in [1.54, 1.807) is 10.9 Å². The molecular formula is C12H19N3O2. The molecule has 1 fully saturated rings. The first-order valence-electron chi connectivity index (χ1n) is 5.94. The molecule has 17 heavy (non-hydrogen) atoms. The molecule has 1 aromatic heterocycles. The number of rotatable bonds is 6. The number of hydrogen-bond donors (Lipinski definition) is 2. The minimum atomic E-state index is -0.817. The fourth-order valence-electron chi connectivity index (χ4n) is 1.74. The van der Waals surface area contributed by atoms with Crippen molar-refractivity contribution in [3.8, 4) is 0 Å². The normalized spacial score (nSPS) is 18.9. The molecule has 1 aliphatic carbocycles. The Kier molecular flexibility index (Phi) is 3.19. The van der Waals surface area contributed by atoms with Gasteiger partial charge in [-0.1, -0.05) is 6.92 Å².